The summed E-state index contributed by atoms with van der Waals surface area (Å²) in [6.07, 6.45) is 3.33. The summed E-state index contributed by atoms with van der Waals surface area (Å²) in [5.41, 5.74) is 0. The van der Waals surface area contributed by atoms with Gasteiger partial charge in [0.1, 0.15) is 0 Å². The van der Waals surface area contributed by atoms with E-state index in [0.29, 0.717) is 6.61 Å². The summed E-state index contributed by atoms with van der Waals surface area (Å²) in [5, 5.41) is 8.20. The summed E-state index contributed by atoms with van der Waals surface area (Å²) in [6.45, 7) is 2.48. The van der Waals surface area contributed by atoms with E-state index in [2.05, 4.69) is 6.92 Å². The topological polar surface area (TPSA) is 20.2 Å². The van der Waals surface area contributed by atoms with Crippen LogP contribution in [0, 0.1) is 0 Å². The molecule has 0 fully saturated rings. The van der Waals surface area contributed by atoms with Crippen molar-refractivity contribution in [3.63, 3.8) is 0 Å². The minimum atomic E-state index is 0. The van der Waals surface area contributed by atoms with Gasteiger partial charge in [-0.15, -0.1) is 12.4 Å². The molecule has 8 heavy (non-hydrogen) atoms. The van der Waals surface area contributed by atoms with Crippen LogP contribution >= 0.6 is 12.4 Å². The van der Waals surface area contributed by atoms with Crippen LogP contribution in [0.15, 0.2) is 0 Å². The van der Waals surface area contributed by atoms with Crippen LogP contribution in [-0.2, 0) is 0 Å². The average Bonchev–Trinajstić information content (AvgIpc) is 1.61. The van der Waals surface area contributed by atoms with Gasteiger partial charge >= 0.3 is 23.1 Å². The first kappa shape index (κ1) is 16.0. The number of aliphatic hydroxyl groups excluding tert-OH is 1. The Balaban J connectivity index is -0.000000125. The Morgan fingerprint density at radius 3 is 1.88 bits per heavy atom. The number of hydrogen-bond acceptors (Lipinski definition) is 1. The minimum Gasteiger partial charge on any atom is -0.396 e. The Hall–Kier alpha value is 1.02. The van der Waals surface area contributed by atoms with E-state index in [9.17, 15) is 0 Å². The van der Waals surface area contributed by atoms with Crippen molar-refractivity contribution < 1.29 is 5.11 Å². The molecule has 0 aliphatic heterocycles. The maximum Gasteiger partial charge on any atom is 0.316 e. The Labute approximate surface area is 73.4 Å². The van der Waals surface area contributed by atoms with E-state index in [1.54, 1.807) is 0 Å². The molecule has 0 bridgehead atoms. The fraction of sp³-hybridized carbons (Fsp3) is 1.00. The Bertz CT molecular complexity index is 24.4. The molecule has 0 amide bonds. The summed E-state index contributed by atoms with van der Waals surface area (Å²) in [7, 11) is 0. The molecule has 0 heterocycles. The number of hydrogen-bond donors (Lipinski definition) is 1. The molecule has 0 saturated carbocycles. The second kappa shape index (κ2) is 15.7. The molecule has 0 aromatic carbocycles. The lowest BCUT2D eigenvalue weighted by molar-refractivity contribution is 0.284. The van der Waals surface area contributed by atoms with Gasteiger partial charge in [0.25, 0.3) is 0 Å². The molecule has 0 aliphatic rings. The van der Waals surface area contributed by atoms with Crippen LogP contribution < -0.4 is 0 Å². The Kier molecular flexibility index (Phi) is 31.4. The summed E-state index contributed by atoms with van der Waals surface area (Å²) in [5.74, 6) is 0. The van der Waals surface area contributed by atoms with Gasteiger partial charge in [-0.1, -0.05) is 19.8 Å². The van der Waals surface area contributed by atoms with Crippen molar-refractivity contribution in [2.75, 3.05) is 6.61 Å². The first-order valence-corrected chi connectivity index (χ1v) is 2.52. The van der Waals surface area contributed by atoms with Gasteiger partial charge in [-0.3, -0.25) is 0 Å². The van der Waals surface area contributed by atoms with Crippen molar-refractivity contribution in [2.24, 2.45) is 0 Å². The molecule has 0 radical (unpaired) electrons. The Morgan fingerprint density at radius 2 is 1.75 bits per heavy atom. The number of halogens is 1. The first-order valence-electron chi connectivity index (χ1n) is 2.52. The predicted octanol–water partition coefficient (Wildman–Crippen LogP) is 0.674. The lowest BCUT2D eigenvalue weighted by Gasteiger charge is -1.85. The molecular weight excluding hydrogens is 136 g/mol. The highest BCUT2D eigenvalue weighted by Crippen LogP contribution is 1.89. The highest BCUT2D eigenvalue weighted by atomic mass is 35.5. The van der Waals surface area contributed by atoms with Crippen LogP contribution in [0.1, 0.15) is 26.2 Å². The molecular formula is C5H15ClMgO. The second-order valence-electron chi connectivity index (χ2n) is 1.43. The molecule has 0 unspecified atom stereocenters. The van der Waals surface area contributed by atoms with Crippen molar-refractivity contribution >= 4 is 35.5 Å². The van der Waals surface area contributed by atoms with Crippen LogP contribution in [0.3, 0.4) is 0 Å². The highest BCUT2D eigenvalue weighted by Gasteiger charge is 1.76. The molecule has 0 atom stereocenters. The van der Waals surface area contributed by atoms with Crippen LogP contribution in [0.25, 0.3) is 0 Å². The summed E-state index contributed by atoms with van der Waals surface area (Å²) >= 11 is 0. The number of unbranched alkanes of at least 4 members (excludes halogenated alkanes) is 2. The maximum atomic E-state index is 8.20. The summed E-state index contributed by atoms with van der Waals surface area (Å²) in [4.78, 5) is 0. The molecule has 1 N–H and O–H groups in total. The van der Waals surface area contributed by atoms with Gasteiger partial charge in [-0.25, -0.2) is 0 Å². The molecule has 0 aromatic heterocycles. The quantitative estimate of drug-likeness (QED) is 0.464. The monoisotopic (exact) mass is 150 g/mol. The predicted molar refractivity (Wildman–Crippen MR) is 42.4 cm³/mol. The molecule has 0 aliphatic carbocycles. The molecule has 0 aromatic rings. The van der Waals surface area contributed by atoms with Crippen molar-refractivity contribution in [1.82, 2.24) is 0 Å². The van der Waals surface area contributed by atoms with E-state index in [4.69, 9.17) is 5.11 Å². The van der Waals surface area contributed by atoms with Gasteiger partial charge in [-0.2, -0.15) is 0 Å². The molecule has 3 heteroatoms. The molecule has 50 valence electrons. The van der Waals surface area contributed by atoms with Crippen molar-refractivity contribution in [3.8, 4) is 0 Å². The highest BCUT2D eigenvalue weighted by molar-refractivity contribution is 5.85. The van der Waals surface area contributed by atoms with Crippen LogP contribution in [0.5, 0.6) is 0 Å². The average molecular weight is 151 g/mol. The van der Waals surface area contributed by atoms with E-state index in [0.717, 1.165) is 12.8 Å². The zero-order valence-electron chi connectivity index (χ0n) is 4.68. The van der Waals surface area contributed by atoms with Gasteiger partial charge in [-0.05, 0) is 6.42 Å². The number of rotatable bonds is 3. The maximum absolute atomic E-state index is 8.20. The zero-order chi connectivity index (χ0) is 4.83. The third-order valence-corrected chi connectivity index (χ3v) is 0.762. The molecule has 0 spiro atoms. The smallest absolute Gasteiger partial charge is 0.316 e. The Morgan fingerprint density at radius 1 is 1.25 bits per heavy atom. The lowest BCUT2D eigenvalue weighted by Crippen LogP contribution is -1.78. The van der Waals surface area contributed by atoms with Crippen molar-refractivity contribution in [1.29, 1.82) is 0 Å². The fourth-order valence-electron chi connectivity index (χ4n) is 0.362. The zero-order valence-corrected chi connectivity index (χ0v) is 5.50. The first-order chi connectivity index (χ1) is 2.91. The SMILES string of the molecule is CCCCCO.Cl.[MgH2]. The largest absolute Gasteiger partial charge is 0.396 e. The third-order valence-electron chi connectivity index (χ3n) is 0.762. The van der Waals surface area contributed by atoms with E-state index in [1.807, 2.05) is 0 Å². The normalized spacial score (nSPS) is 6.75. The van der Waals surface area contributed by atoms with Gasteiger partial charge in [0.15, 0.2) is 0 Å². The van der Waals surface area contributed by atoms with Gasteiger partial charge < -0.3 is 5.11 Å². The van der Waals surface area contributed by atoms with E-state index in [1.165, 1.54) is 6.42 Å². The van der Waals surface area contributed by atoms with Crippen molar-refractivity contribution in [3.05, 3.63) is 0 Å². The fourth-order valence-corrected chi connectivity index (χ4v) is 0.362. The lowest BCUT2D eigenvalue weighted by atomic mass is 10.3. The van der Waals surface area contributed by atoms with Gasteiger partial charge in [0.2, 0.25) is 0 Å². The molecule has 1 nitrogen and oxygen atoms in total. The van der Waals surface area contributed by atoms with Gasteiger partial charge in [0.05, 0.1) is 0 Å². The standard InChI is InChI=1S/C5H12O.ClH.Mg.2H/c1-2-3-4-5-6;;;;/h6H,2-5H2,1H3;1H;;;. The van der Waals surface area contributed by atoms with Crippen LogP contribution in [0.4, 0.5) is 0 Å². The van der Waals surface area contributed by atoms with Gasteiger partial charge in [0, 0.05) is 6.61 Å². The van der Waals surface area contributed by atoms with Crippen LogP contribution in [0.2, 0.25) is 0 Å². The summed E-state index contributed by atoms with van der Waals surface area (Å²) < 4.78 is 0. The molecule has 0 rings (SSSR count). The molecule has 0 saturated heterocycles. The second-order valence-corrected chi connectivity index (χ2v) is 1.43. The minimum absolute atomic E-state index is 0. The third kappa shape index (κ3) is 15.7. The van der Waals surface area contributed by atoms with E-state index < -0.39 is 0 Å². The van der Waals surface area contributed by atoms with Crippen LogP contribution in [-0.4, -0.2) is 34.8 Å². The van der Waals surface area contributed by atoms with Crippen molar-refractivity contribution in [2.45, 2.75) is 26.2 Å². The summed E-state index contributed by atoms with van der Waals surface area (Å²) in [6, 6.07) is 0. The van der Waals surface area contributed by atoms with E-state index >= 15 is 0 Å². The number of aliphatic hydroxyl groups is 1. The van der Waals surface area contributed by atoms with E-state index in [-0.39, 0.29) is 35.5 Å².